The number of anilines is 1. The Morgan fingerprint density at radius 3 is 2.90 bits per heavy atom. The zero-order chi connectivity index (χ0) is 14.9. The summed E-state index contributed by atoms with van der Waals surface area (Å²) in [6.45, 7) is 5.90. The van der Waals surface area contributed by atoms with Crippen LogP contribution in [0, 0.1) is 0 Å². The highest BCUT2D eigenvalue weighted by Crippen LogP contribution is 2.18. The minimum absolute atomic E-state index is 0.185. The Kier molecular flexibility index (Phi) is 3.92. The zero-order valence-electron chi connectivity index (χ0n) is 11.9. The van der Waals surface area contributed by atoms with E-state index in [0.717, 1.165) is 5.56 Å². The number of ether oxygens (including phenoxy) is 1. The van der Waals surface area contributed by atoms with Gasteiger partial charge < -0.3 is 25.5 Å². The summed E-state index contributed by atoms with van der Waals surface area (Å²) in [4.78, 5) is 11.7. The van der Waals surface area contributed by atoms with Gasteiger partial charge in [0.2, 0.25) is 0 Å². The molecule has 20 heavy (non-hydrogen) atoms. The summed E-state index contributed by atoms with van der Waals surface area (Å²) in [5.41, 5.74) is 8.04. The third-order valence-corrected chi connectivity index (χ3v) is 2.94. The molecule has 0 atom stereocenters. The molecule has 1 heterocycles. The first-order valence-electron chi connectivity index (χ1n) is 6.44. The molecular formula is C13H19BN2O4. The molecule has 0 aliphatic carbocycles. The molecule has 0 spiro atoms. The van der Waals surface area contributed by atoms with Gasteiger partial charge in [0.1, 0.15) is 5.60 Å². The van der Waals surface area contributed by atoms with Crippen LogP contribution in [0.25, 0.3) is 0 Å². The van der Waals surface area contributed by atoms with Crippen LogP contribution in [0.3, 0.4) is 0 Å². The van der Waals surface area contributed by atoms with Crippen molar-refractivity contribution in [2.45, 2.75) is 39.5 Å². The van der Waals surface area contributed by atoms with Crippen LogP contribution in [0.15, 0.2) is 12.1 Å². The summed E-state index contributed by atoms with van der Waals surface area (Å²) in [5.74, 6) is 0. The van der Waals surface area contributed by atoms with Crippen LogP contribution in [-0.2, 0) is 22.5 Å². The van der Waals surface area contributed by atoms with E-state index in [1.807, 2.05) is 6.07 Å². The fourth-order valence-corrected chi connectivity index (χ4v) is 2.09. The van der Waals surface area contributed by atoms with Gasteiger partial charge in [-0.15, -0.1) is 0 Å². The summed E-state index contributed by atoms with van der Waals surface area (Å²) in [6.07, 6.45) is -0.525. The molecule has 1 aromatic rings. The minimum Gasteiger partial charge on any atom is -0.444 e. The van der Waals surface area contributed by atoms with E-state index in [0.29, 0.717) is 23.3 Å². The monoisotopic (exact) mass is 278 g/mol. The molecule has 1 amide bonds. The average Bonchev–Trinajstić information content (AvgIpc) is 2.68. The lowest BCUT2D eigenvalue weighted by Gasteiger charge is -2.20. The number of nitrogens with one attached hydrogen (secondary N) is 1. The van der Waals surface area contributed by atoms with Crippen LogP contribution >= 0.6 is 0 Å². The van der Waals surface area contributed by atoms with Crippen LogP contribution in [0.5, 0.6) is 0 Å². The van der Waals surface area contributed by atoms with Crippen LogP contribution in [0.1, 0.15) is 31.9 Å². The number of benzene rings is 1. The lowest BCUT2D eigenvalue weighted by atomic mass is 9.75. The Hall–Kier alpha value is -1.73. The second-order valence-electron chi connectivity index (χ2n) is 5.72. The number of carbonyl (C=O) groups is 1. The highest BCUT2D eigenvalue weighted by Gasteiger charge is 2.31. The van der Waals surface area contributed by atoms with Crippen molar-refractivity contribution in [1.82, 2.24) is 5.32 Å². The number of nitrogens with two attached hydrogens (primary N) is 1. The molecule has 0 saturated carbocycles. The SMILES string of the molecule is CC(C)(C)OC(=O)NCc1c(N)ccc2c1B(O)OC2. The van der Waals surface area contributed by atoms with E-state index in [2.05, 4.69) is 5.32 Å². The average molecular weight is 278 g/mol. The fraction of sp³-hybridized carbons (Fsp3) is 0.462. The largest absolute Gasteiger partial charge is 0.492 e. The number of amides is 1. The van der Waals surface area contributed by atoms with Crippen molar-refractivity contribution < 1.29 is 19.2 Å². The third-order valence-electron chi connectivity index (χ3n) is 2.94. The van der Waals surface area contributed by atoms with Crippen molar-refractivity contribution in [1.29, 1.82) is 0 Å². The van der Waals surface area contributed by atoms with E-state index in [9.17, 15) is 9.82 Å². The number of rotatable bonds is 2. The molecule has 7 heteroatoms. The van der Waals surface area contributed by atoms with Gasteiger partial charge >= 0.3 is 13.2 Å². The zero-order valence-corrected chi connectivity index (χ0v) is 11.9. The lowest BCUT2D eigenvalue weighted by molar-refractivity contribution is 0.0524. The highest BCUT2D eigenvalue weighted by atomic mass is 16.6. The maximum Gasteiger partial charge on any atom is 0.492 e. The Labute approximate surface area is 118 Å². The summed E-state index contributed by atoms with van der Waals surface area (Å²) in [7, 11) is -0.996. The quantitative estimate of drug-likeness (QED) is 0.541. The first-order valence-corrected chi connectivity index (χ1v) is 6.44. The maximum atomic E-state index is 11.7. The molecule has 2 rings (SSSR count). The topological polar surface area (TPSA) is 93.8 Å². The molecule has 0 bridgehead atoms. The van der Waals surface area contributed by atoms with Gasteiger partial charge in [0.25, 0.3) is 0 Å². The highest BCUT2D eigenvalue weighted by molar-refractivity contribution is 6.62. The van der Waals surface area contributed by atoms with Gasteiger partial charge in [0.05, 0.1) is 6.61 Å². The molecule has 108 valence electrons. The number of alkyl carbamates (subject to hydrolysis) is 1. The van der Waals surface area contributed by atoms with Gasteiger partial charge in [-0.05, 0) is 43.4 Å². The number of fused-ring (bicyclic) bond motifs is 1. The summed E-state index contributed by atoms with van der Waals surface area (Å²) in [6, 6.07) is 3.56. The molecule has 0 saturated heterocycles. The van der Waals surface area contributed by atoms with E-state index >= 15 is 0 Å². The van der Waals surface area contributed by atoms with E-state index < -0.39 is 18.8 Å². The number of nitrogen functional groups attached to an aromatic ring is 1. The molecular weight excluding hydrogens is 259 g/mol. The van der Waals surface area contributed by atoms with Gasteiger partial charge in [-0.25, -0.2) is 4.79 Å². The predicted octanol–water partition coefficient (Wildman–Crippen LogP) is 0.511. The van der Waals surface area contributed by atoms with Crippen LogP contribution in [-0.4, -0.2) is 23.8 Å². The molecule has 1 aliphatic heterocycles. The van der Waals surface area contributed by atoms with Crippen LogP contribution in [0.2, 0.25) is 0 Å². The molecule has 0 fully saturated rings. The normalized spacial score (nSPS) is 14.1. The molecule has 4 N–H and O–H groups in total. The molecule has 0 aromatic heterocycles. The van der Waals surface area contributed by atoms with Gasteiger partial charge in [-0.1, -0.05) is 6.07 Å². The van der Waals surface area contributed by atoms with E-state index in [1.54, 1.807) is 26.8 Å². The second kappa shape index (κ2) is 5.34. The van der Waals surface area contributed by atoms with Gasteiger partial charge in [-0.3, -0.25) is 0 Å². The Morgan fingerprint density at radius 1 is 1.55 bits per heavy atom. The maximum absolute atomic E-state index is 11.7. The van der Waals surface area contributed by atoms with Crippen molar-refractivity contribution in [3.63, 3.8) is 0 Å². The van der Waals surface area contributed by atoms with Crippen molar-refractivity contribution >= 4 is 24.4 Å². The number of carbonyl (C=O) groups excluding carboxylic acids is 1. The summed E-state index contributed by atoms with van der Waals surface area (Å²) in [5, 5.41) is 12.5. The number of hydrogen-bond donors (Lipinski definition) is 3. The molecule has 6 nitrogen and oxygen atoms in total. The number of hydrogen-bond acceptors (Lipinski definition) is 5. The third kappa shape index (κ3) is 3.23. The van der Waals surface area contributed by atoms with Crippen LogP contribution in [0.4, 0.5) is 10.5 Å². The van der Waals surface area contributed by atoms with E-state index in [1.165, 1.54) is 0 Å². The second-order valence-corrected chi connectivity index (χ2v) is 5.72. The standard InChI is InChI=1S/C13H19BN2O4/c1-13(2,3)20-12(17)16-6-9-10(15)5-4-8-7-19-14(18)11(8)9/h4-5,18H,6-7,15H2,1-3H3,(H,16,17). The van der Waals surface area contributed by atoms with E-state index in [4.69, 9.17) is 15.1 Å². The van der Waals surface area contributed by atoms with Crippen molar-refractivity contribution in [2.24, 2.45) is 0 Å². The van der Waals surface area contributed by atoms with Crippen molar-refractivity contribution in [3.05, 3.63) is 23.3 Å². The summed E-state index contributed by atoms with van der Waals surface area (Å²) < 4.78 is 10.3. The molecule has 0 radical (unpaired) electrons. The first kappa shape index (κ1) is 14.7. The van der Waals surface area contributed by atoms with Gasteiger partial charge in [0.15, 0.2) is 0 Å². The Bertz CT molecular complexity index is 528. The lowest BCUT2D eigenvalue weighted by Crippen LogP contribution is -2.37. The molecule has 1 aliphatic rings. The van der Waals surface area contributed by atoms with Crippen LogP contribution < -0.4 is 16.5 Å². The van der Waals surface area contributed by atoms with Crippen molar-refractivity contribution in [2.75, 3.05) is 5.73 Å². The molecule has 1 aromatic carbocycles. The predicted molar refractivity (Wildman–Crippen MR) is 76.3 cm³/mol. The Morgan fingerprint density at radius 2 is 2.25 bits per heavy atom. The Balaban J connectivity index is 2.11. The summed E-state index contributed by atoms with van der Waals surface area (Å²) >= 11 is 0. The first-order chi connectivity index (χ1) is 9.28. The van der Waals surface area contributed by atoms with Crippen molar-refractivity contribution in [3.8, 4) is 0 Å². The smallest absolute Gasteiger partial charge is 0.444 e. The van der Waals surface area contributed by atoms with Gasteiger partial charge in [0, 0.05) is 12.2 Å². The minimum atomic E-state index is -0.996. The fourth-order valence-electron chi connectivity index (χ4n) is 2.09. The molecule has 0 unspecified atom stereocenters. The van der Waals surface area contributed by atoms with E-state index in [-0.39, 0.29) is 6.54 Å². The van der Waals surface area contributed by atoms with Gasteiger partial charge in [-0.2, -0.15) is 0 Å².